The minimum atomic E-state index is -1.15. The van der Waals surface area contributed by atoms with Gasteiger partial charge in [-0.15, -0.1) is 0 Å². The van der Waals surface area contributed by atoms with Gasteiger partial charge >= 0.3 is 5.97 Å². The maximum absolute atomic E-state index is 12.0. The molecule has 1 N–H and O–H groups in total. The van der Waals surface area contributed by atoms with Gasteiger partial charge in [-0.05, 0) is 44.7 Å². The smallest absolute Gasteiger partial charge is 0.341 e. The van der Waals surface area contributed by atoms with E-state index < -0.39 is 5.97 Å². The zero-order chi connectivity index (χ0) is 11.9. The van der Waals surface area contributed by atoms with Gasteiger partial charge in [-0.3, -0.25) is 4.79 Å². The second-order valence-corrected chi connectivity index (χ2v) is 4.52. The molecule has 4 nitrogen and oxygen atoms in total. The fraction of sp³-hybridized carbons (Fsp3) is 0.500. The molecule has 0 saturated heterocycles. The number of aromatic nitrogens is 1. The van der Waals surface area contributed by atoms with Gasteiger partial charge in [0.05, 0.1) is 0 Å². The minimum Gasteiger partial charge on any atom is -0.477 e. The van der Waals surface area contributed by atoms with Crippen LogP contribution >= 0.6 is 0 Å². The topological polar surface area (TPSA) is 59.3 Å². The Morgan fingerprint density at radius 1 is 1.44 bits per heavy atom. The van der Waals surface area contributed by atoms with Crippen LogP contribution in [0, 0.1) is 0 Å². The predicted molar refractivity (Wildman–Crippen MR) is 60.0 cm³/mol. The van der Waals surface area contributed by atoms with Crippen molar-refractivity contribution in [1.82, 2.24) is 4.57 Å². The van der Waals surface area contributed by atoms with Crippen molar-refractivity contribution in [3.05, 3.63) is 33.7 Å². The molecule has 86 valence electrons. The SMILES string of the molecule is CC(C)n1c(C2CC2)ccc(C(=O)O)c1=O. The maximum atomic E-state index is 12.0. The van der Waals surface area contributed by atoms with E-state index in [0.29, 0.717) is 5.92 Å². The summed E-state index contributed by atoms with van der Waals surface area (Å²) in [6, 6.07) is 3.21. The highest BCUT2D eigenvalue weighted by Crippen LogP contribution is 2.40. The third-order valence-corrected chi connectivity index (χ3v) is 2.89. The zero-order valence-corrected chi connectivity index (χ0v) is 9.43. The van der Waals surface area contributed by atoms with E-state index in [0.717, 1.165) is 18.5 Å². The Labute approximate surface area is 93.5 Å². The van der Waals surface area contributed by atoms with Crippen molar-refractivity contribution in [2.24, 2.45) is 0 Å². The van der Waals surface area contributed by atoms with Crippen LogP contribution in [0.4, 0.5) is 0 Å². The van der Waals surface area contributed by atoms with Gasteiger partial charge in [0.1, 0.15) is 5.56 Å². The first-order valence-corrected chi connectivity index (χ1v) is 5.51. The van der Waals surface area contributed by atoms with Gasteiger partial charge in [-0.25, -0.2) is 4.79 Å². The van der Waals surface area contributed by atoms with Gasteiger partial charge in [-0.1, -0.05) is 0 Å². The van der Waals surface area contributed by atoms with E-state index in [4.69, 9.17) is 5.11 Å². The molecule has 0 aromatic carbocycles. The first-order valence-electron chi connectivity index (χ1n) is 5.51. The summed E-state index contributed by atoms with van der Waals surface area (Å²) >= 11 is 0. The highest BCUT2D eigenvalue weighted by molar-refractivity contribution is 5.87. The molecule has 1 aliphatic carbocycles. The molecule has 1 aliphatic rings. The quantitative estimate of drug-likeness (QED) is 0.849. The van der Waals surface area contributed by atoms with Gasteiger partial charge < -0.3 is 9.67 Å². The molecule has 2 rings (SSSR count). The molecule has 1 aromatic rings. The van der Waals surface area contributed by atoms with E-state index in [-0.39, 0.29) is 17.2 Å². The molecule has 4 heteroatoms. The highest BCUT2D eigenvalue weighted by Gasteiger charge is 2.28. The van der Waals surface area contributed by atoms with Crippen LogP contribution in [0.1, 0.15) is 54.7 Å². The summed E-state index contributed by atoms with van der Waals surface area (Å²) in [5.74, 6) is -0.709. The summed E-state index contributed by atoms with van der Waals surface area (Å²) in [5.41, 5.74) is 0.454. The average molecular weight is 221 g/mol. The van der Waals surface area contributed by atoms with Gasteiger partial charge in [0.15, 0.2) is 0 Å². The van der Waals surface area contributed by atoms with Crippen molar-refractivity contribution in [2.45, 2.75) is 38.6 Å². The number of carboxylic acid groups (broad SMARTS) is 1. The monoisotopic (exact) mass is 221 g/mol. The molecule has 0 unspecified atom stereocenters. The Bertz CT molecular complexity index is 484. The van der Waals surface area contributed by atoms with Crippen LogP contribution in [0.3, 0.4) is 0 Å². The van der Waals surface area contributed by atoms with Gasteiger partial charge in [0.25, 0.3) is 5.56 Å². The molecule has 0 radical (unpaired) electrons. The van der Waals surface area contributed by atoms with Crippen molar-refractivity contribution < 1.29 is 9.90 Å². The molecule has 1 aromatic heterocycles. The van der Waals surface area contributed by atoms with Gasteiger partial charge in [0.2, 0.25) is 0 Å². The van der Waals surface area contributed by atoms with E-state index in [1.165, 1.54) is 6.07 Å². The van der Waals surface area contributed by atoms with Gasteiger partial charge in [0, 0.05) is 11.7 Å². The molecule has 0 amide bonds. The lowest BCUT2D eigenvalue weighted by Gasteiger charge is -2.16. The minimum absolute atomic E-state index is 0.00222. The van der Waals surface area contributed by atoms with Crippen LogP contribution in [0.5, 0.6) is 0 Å². The molecule has 1 fully saturated rings. The fourth-order valence-corrected chi connectivity index (χ4v) is 1.97. The van der Waals surface area contributed by atoms with Crippen molar-refractivity contribution in [3.63, 3.8) is 0 Å². The first kappa shape index (κ1) is 10.9. The lowest BCUT2D eigenvalue weighted by atomic mass is 10.1. The van der Waals surface area contributed by atoms with Crippen LogP contribution in [0.25, 0.3) is 0 Å². The van der Waals surface area contributed by atoms with Gasteiger partial charge in [-0.2, -0.15) is 0 Å². The zero-order valence-electron chi connectivity index (χ0n) is 9.43. The molecular weight excluding hydrogens is 206 g/mol. The molecule has 0 bridgehead atoms. The predicted octanol–water partition coefficient (Wildman–Crippen LogP) is 2.00. The number of hydrogen-bond donors (Lipinski definition) is 1. The number of carboxylic acids is 1. The van der Waals surface area contributed by atoms with Crippen molar-refractivity contribution >= 4 is 5.97 Å². The summed E-state index contributed by atoms with van der Waals surface area (Å²) in [6.07, 6.45) is 2.19. The fourth-order valence-electron chi connectivity index (χ4n) is 1.97. The van der Waals surface area contributed by atoms with Crippen molar-refractivity contribution in [1.29, 1.82) is 0 Å². The molecule has 1 heterocycles. The second-order valence-electron chi connectivity index (χ2n) is 4.52. The summed E-state index contributed by atoms with van der Waals surface area (Å²) in [6.45, 7) is 3.80. The van der Waals surface area contributed by atoms with Crippen molar-refractivity contribution in [2.75, 3.05) is 0 Å². The number of hydrogen-bond acceptors (Lipinski definition) is 2. The summed E-state index contributed by atoms with van der Waals surface area (Å²) in [4.78, 5) is 22.9. The largest absolute Gasteiger partial charge is 0.477 e. The lowest BCUT2D eigenvalue weighted by Crippen LogP contribution is -2.29. The average Bonchev–Trinajstić information content (AvgIpc) is 2.98. The number of nitrogens with zero attached hydrogens (tertiary/aromatic N) is 1. The molecular formula is C12H15NO3. The van der Waals surface area contributed by atoms with Crippen LogP contribution in [-0.4, -0.2) is 15.6 Å². The Hall–Kier alpha value is -1.58. The molecule has 0 spiro atoms. The van der Waals surface area contributed by atoms with E-state index in [2.05, 4.69) is 0 Å². The normalized spacial score (nSPS) is 15.4. The van der Waals surface area contributed by atoms with E-state index in [9.17, 15) is 9.59 Å². The summed E-state index contributed by atoms with van der Waals surface area (Å²) in [5, 5.41) is 8.90. The molecule has 0 aliphatic heterocycles. The molecule has 16 heavy (non-hydrogen) atoms. The highest BCUT2D eigenvalue weighted by atomic mass is 16.4. The summed E-state index contributed by atoms with van der Waals surface area (Å²) in [7, 11) is 0. The summed E-state index contributed by atoms with van der Waals surface area (Å²) < 4.78 is 1.61. The van der Waals surface area contributed by atoms with Crippen LogP contribution in [0.15, 0.2) is 16.9 Å². The Morgan fingerprint density at radius 3 is 2.50 bits per heavy atom. The van der Waals surface area contributed by atoms with E-state index >= 15 is 0 Å². The molecule has 1 saturated carbocycles. The standard InChI is InChI=1S/C12H15NO3/c1-7(2)13-10(8-3-4-8)6-5-9(11(13)14)12(15)16/h5-8H,3-4H2,1-2H3,(H,15,16). The number of aromatic carboxylic acids is 1. The van der Waals surface area contributed by atoms with Crippen LogP contribution < -0.4 is 5.56 Å². The van der Waals surface area contributed by atoms with Crippen molar-refractivity contribution in [3.8, 4) is 0 Å². The number of carbonyl (C=O) groups is 1. The first-order chi connectivity index (χ1) is 7.52. The number of rotatable bonds is 3. The van der Waals surface area contributed by atoms with Crippen LogP contribution in [-0.2, 0) is 0 Å². The third kappa shape index (κ3) is 1.75. The maximum Gasteiger partial charge on any atom is 0.341 e. The second kappa shape index (κ2) is 3.77. The van der Waals surface area contributed by atoms with E-state index in [1.807, 2.05) is 13.8 Å². The number of pyridine rings is 1. The Kier molecular flexibility index (Phi) is 2.58. The van der Waals surface area contributed by atoms with E-state index in [1.54, 1.807) is 10.6 Å². The van der Waals surface area contributed by atoms with Crippen LogP contribution in [0.2, 0.25) is 0 Å². The Balaban J connectivity index is 2.62. The Morgan fingerprint density at radius 2 is 2.06 bits per heavy atom. The third-order valence-electron chi connectivity index (χ3n) is 2.89. The lowest BCUT2D eigenvalue weighted by molar-refractivity contribution is 0.0694. The molecule has 0 atom stereocenters.